The largest absolute Gasteiger partial charge is 0.444 e. The van der Waals surface area contributed by atoms with Gasteiger partial charge in [-0.3, -0.25) is 5.32 Å². The van der Waals surface area contributed by atoms with Gasteiger partial charge in [-0.2, -0.15) is 5.10 Å². The van der Waals surface area contributed by atoms with E-state index in [9.17, 15) is 4.79 Å². The Labute approximate surface area is 107 Å². The summed E-state index contributed by atoms with van der Waals surface area (Å²) in [5, 5.41) is 6.80. The van der Waals surface area contributed by atoms with Crippen molar-refractivity contribution in [1.82, 2.24) is 9.78 Å². The van der Waals surface area contributed by atoms with E-state index in [1.54, 1.807) is 4.68 Å². The van der Waals surface area contributed by atoms with Crippen LogP contribution in [0.1, 0.15) is 47.1 Å². The predicted octanol–water partition coefficient (Wildman–Crippen LogP) is 2.78. The maximum atomic E-state index is 11.7. The van der Waals surface area contributed by atoms with Gasteiger partial charge in [-0.25, -0.2) is 9.48 Å². The van der Waals surface area contributed by atoms with Crippen LogP contribution in [0.4, 0.5) is 16.3 Å². The lowest BCUT2D eigenvalue weighted by Crippen LogP contribution is -2.28. The second kappa shape index (κ2) is 5.29. The molecule has 1 amide bonds. The van der Waals surface area contributed by atoms with Crippen LogP contribution in [0.15, 0.2) is 6.20 Å². The number of nitrogens with two attached hydrogens (primary N) is 1. The number of ether oxygens (including phenoxy) is 1. The summed E-state index contributed by atoms with van der Waals surface area (Å²) < 4.78 is 6.88. The third-order valence-corrected chi connectivity index (χ3v) is 2.45. The molecule has 0 radical (unpaired) electrons. The zero-order chi connectivity index (χ0) is 13.9. The van der Waals surface area contributed by atoms with Gasteiger partial charge in [0.25, 0.3) is 0 Å². The fourth-order valence-electron chi connectivity index (χ4n) is 1.41. The van der Waals surface area contributed by atoms with Crippen molar-refractivity contribution in [1.29, 1.82) is 0 Å². The van der Waals surface area contributed by atoms with Crippen LogP contribution in [-0.2, 0) is 4.74 Å². The summed E-state index contributed by atoms with van der Waals surface area (Å²) in [6.07, 6.45) is 1.89. The molecule has 1 unspecified atom stereocenters. The zero-order valence-corrected chi connectivity index (χ0v) is 11.7. The predicted molar refractivity (Wildman–Crippen MR) is 71.5 cm³/mol. The summed E-state index contributed by atoms with van der Waals surface area (Å²) in [6, 6.07) is 0.159. The van der Waals surface area contributed by atoms with Gasteiger partial charge in [-0.15, -0.1) is 0 Å². The van der Waals surface area contributed by atoms with Gasteiger partial charge in [0.2, 0.25) is 0 Å². The number of rotatable bonds is 3. The van der Waals surface area contributed by atoms with Crippen LogP contribution < -0.4 is 11.1 Å². The van der Waals surface area contributed by atoms with Gasteiger partial charge in [-0.05, 0) is 34.1 Å². The van der Waals surface area contributed by atoms with Crippen LogP contribution in [0, 0.1) is 0 Å². The van der Waals surface area contributed by atoms with Crippen molar-refractivity contribution in [2.45, 2.75) is 52.7 Å². The van der Waals surface area contributed by atoms with Crippen molar-refractivity contribution in [2.24, 2.45) is 0 Å². The highest BCUT2D eigenvalue weighted by Crippen LogP contribution is 2.24. The van der Waals surface area contributed by atoms with Gasteiger partial charge < -0.3 is 10.5 Å². The molecule has 0 fully saturated rings. The second-order valence-electron chi connectivity index (χ2n) is 5.28. The van der Waals surface area contributed by atoms with Gasteiger partial charge in [0.05, 0.1) is 17.9 Å². The maximum absolute atomic E-state index is 11.7. The van der Waals surface area contributed by atoms with E-state index in [0.29, 0.717) is 11.5 Å². The van der Waals surface area contributed by atoms with Gasteiger partial charge >= 0.3 is 6.09 Å². The molecule has 0 saturated heterocycles. The van der Waals surface area contributed by atoms with E-state index in [2.05, 4.69) is 10.4 Å². The molecule has 0 spiro atoms. The van der Waals surface area contributed by atoms with Crippen LogP contribution >= 0.6 is 0 Å². The smallest absolute Gasteiger partial charge is 0.413 e. The lowest BCUT2D eigenvalue weighted by Gasteiger charge is -2.21. The Bertz CT molecular complexity index is 420. The van der Waals surface area contributed by atoms with Gasteiger partial charge in [0, 0.05) is 0 Å². The molecule has 18 heavy (non-hydrogen) atoms. The first-order chi connectivity index (χ1) is 8.24. The minimum Gasteiger partial charge on any atom is -0.444 e. The average Bonchev–Trinajstić information content (AvgIpc) is 2.57. The molecule has 1 heterocycles. The molecule has 0 aliphatic heterocycles. The van der Waals surface area contributed by atoms with Crippen LogP contribution in [0.2, 0.25) is 0 Å². The lowest BCUT2D eigenvalue weighted by atomic mass is 10.2. The van der Waals surface area contributed by atoms with E-state index in [-0.39, 0.29) is 6.04 Å². The Kier molecular flexibility index (Phi) is 4.21. The number of amides is 1. The number of hydrogen-bond acceptors (Lipinski definition) is 4. The highest BCUT2D eigenvalue weighted by Gasteiger charge is 2.20. The summed E-state index contributed by atoms with van der Waals surface area (Å²) >= 11 is 0. The van der Waals surface area contributed by atoms with Gasteiger partial charge in [0.1, 0.15) is 5.60 Å². The SMILES string of the molecule is CCC(C)n1ncc(N)c1NC(=O)OC(C)(C)C. The topological polar surface area (TPSA) is 82.2 Å². The molecule has 1 atom stereocenters. The van der Waals surface area contributed by atoms with Crippen molar-refractivity contribution < 1.29 is 9.53 Å². The number of nitrogen functional groups attached to an aromatic ring is 1. The number of nitrogens with one attached hydrogen (secondary N) is 1. The Hall–Kier alpha value is -1.72. The van der Waals surface area contributed by atoms with E-state index in [1.807, 2.05) is 34.6 Å². The lowest BCUT2D eigenvalue weighted by molar-refractivity contribution is 0.0634. The number of hydrogen-bond donors (Lipinski definition) is 2. The number of carbonyl (C=O) groups excluding carboxylic acids is 1. The molecule has 6 nitrogen and oxygen atoms in total. The Morgan fingerprint density at radius 2 is 2.22 bits per heavy atom. The first kappa shape index (κ1) is 14.3. The molecule has 0 saturated carbocycles. The van der Waals surface area contributed by atoms with Crippen LogP contribution in [0.5, 0.6) is 0 Å². The molecule has 102 valence electrons. The first-order valence-electron chi connectivity index (χ1n) is 6.07. The van der Waals surface area contributed by atoms with E-state index in [1.165, 1.54) is 6.20 Å². The van der Waals surface area contributed by atoms with Crippen LogP contribution in [0.3, 0.4) is 0 Å². The third-order valence-electron chi connectivity index (χ3n) is 2.45. The Balaban J connectivity index is 2.84. The highest BCUT2D eigenvalue weighted by molar-refractivity contribution is 5.87. The van der Waals surface area contributed by atoms with E-state index >= 15 is 0 Å². The van der Waals surface area contributed by atoms with Gasteiger partial charge in [0.15, 0.2) is 5.82 Å². The van der Waals surface area contributed by atoms with E-state index in [0.717, 1.165) is 6.42 Å². The fourth-order valence-corrected chi connectivity index (χ4v) is 1.41. The van der Waals surface area contributed by atoms with E-state index < -0.39 is 11.7 Å². The molecule has 1 aromatic heterocycles. The highest BCUT2D eigenvalue weighted by atomic mass is 16.6. The molecule has 6 heteroatoms. The molecule has 1 rings (SSSR count). The molecule has 1 aromatic rings. The monoisotopic (exact) mass is 254 g/mol. The minimum absolute atomic E-state index is 0.159. The van der Waals surface area contributed by atoms with Crippen molar-refractivity contribution in [3.63, 3.8) is 0 Å². The molecular weight excluding hydrogens is 232 g/mol. The Morgan fingerprint density at radius 3 is 2.72 bits per heavy atom. The molecule has 0 aliphatic rings. The molecule has 0 aliphatic carbocycles. The number of aromatic nitrogens is 2. The second-order valence-corrected chi connectivity index (χ2v) is 5.28. The van der Waals surface area contributed by atoms with Crippen LogP contribution in [-0.4, -0.2) is 21.5 Å². The molecule has 0 bridgehead atoms. The van der Waals surface area contributed by atoms with Crippen molar-refractivity contribution in [3.8, 4) is 0 Å². The van der Waals surface area contributed by atoms with Crippen molar-refractivity contribution >= 4 is 17.6 Å². The number of nitrogens with zero attached hydrogens (tertiary/aromatic N) is 2. The van der Waals surface area contributed by atoms with E-state index in [4.69, 9.17) is 10.5 Å². The zero-order valence-electron chi connectivity index (χ0n) is 11.7. The number of anilines is 2. The normalized spacial score (nSPS) is 13.2. The molecule has 0 aromatic carbocycles. The summed E-state index contributed by atoms with van der Waals surface area (Å²) in [5.41, 5.74) is 5.68. The van der Waals surface area contributed by atoms with Crippen LogP contribution in [0.25, 0.3) is 0 Å². The third kappa shape index (κ3) is 3.65. The summed E-state index contributed by atoms with van der Waals surface area (Å²) in [7, 11) is 0. The summed E-state index contributed by atoms with van der Waals surface area (Å²) in [4.78, 5) is 11.7. The average molecular weight is 254 g/mol. The standard InChI is InChI=1S/C12H22N4O2/c1-6-8(2)16-10(9(13)7-14-16)15-11(17)18-12(3,4)5/h7-8H,6,13H2,1-5H3,(H,15,17). The van der Waals surface area contributed by atoms with Crippen molar-refractivity contribution in [3.05, 3.63) is 6.20 Å². The summed E-state index contributed by atoms with van der Waals surface area (Å²) in [6.45, 7) is 9.47. The number of carbonyl (C=O) groups is 1. The quantitative estimate of drug-likeness (QED) is 0.868. The molecule has 3 N–H and O–H groups in total. The van der Waals surface area contributed by atoms with Crippen molar-refractivity contribution in [2.75, 3.05) is 11.1 Å². The first-order valence-corrected chi connectivity index (χ1v) is 6.07. The summed E-state index contributed by atoms with van der Waals surface area (Å²) in [5.74, 6) is 0.485. The Morgan fingerprint density at radius 1 is 1.61 bits per heavy atom. The molecular formula is C12H22N4O2. The minimum atomic E-state index is -0.542. The fraction of sp³-hybridized carbons (Fsp3) is 0.667. The maximum Gasteiger partial charge on any atom is 0.413 e. The van der Waals surface area contributed by atoms with Gasteiger partial charge in [-0.1, -0.05) is 6.92 Å².